The standard InChI is InChI=1S/C15H11F3N4O3/c16-15(17,18)25-10-5-3-9(4-6-10)22-13-11(2-1-7-20-13)12(21-22)8-24-14(19)23/h1-7H,8H2,(H2,19,23). The average Bonchev–Trinajstić information content (AvgIpc) is 2.91. The second-order valence-corrected chi connectivity index (χ2v) is 4.88. The largest absolute Gasteiger partial charge is 0.573 e. The minimum atomic E-state index is -4.76. The number of rotatable bonds is 4. The smallest absolute Gasteiger partial charge is 0.443 e. The maximum absolute atomic E-state index is 12.2. The highest BCUT2D eigenvalue weighted by molar-refractivity contribution is 5.80. The van der Waals surface area contributed by atoms with Crippen LogP contribution in [0.25, 0.3) is 16.7 Å². The maximum atomic E-state index is 12.2. The fraction of sp³-hybridized carbons (Fsp3) is 0.133. The molecule has 0 aliphatic heterocycles. The maximum Gasteiger partial charge on any atom is 0.573 e. The zero-order valence-electron chi connectivity index (χ0n) is 12.5. The van der Waals surface area contributed by atoms with E-state index in [0.717, 1.165) is 0 Å². The number of carbonyl (C=O) groups excluding carboxylic acids is 1. The molecule has 0 saturated heterocycles. The molecule has 0 spiro atoms. The number of amides is 1. The number of aromatic nitrogens is 3. The number of alkyl halides is 3. The Morgan fingerprint density at radius 3 is 2.56 bits per heavy atom. The predicted octanol–water partition coefficient (Wildman–Crippen LogP) is 2.91. The first-order valence-electron chi connectivity index (χ1n) is 6.94. The summed E-state index contributed by atoms with van der Waals surface area (Å²) in [5.41, 5.74) is 6.28. The number of fused-ring (bicyclic) bond motifs is 1. The Hall–Kier alpha value is -3.30. The molecule has 25 heavy (non-hydrogen) atoms. The van der Waals surface area contributed by atoms with Crippen LogP contribution in [0.2, 0.25) is 0 Å². The molecule has 0 radical (unpaired) electrons. The molecule has 0 saturated carbocycles. The summed E-state index contributed by atoms with van der Waals surface area (Å²) in [7, 11) is 0. The summed E-state index contributed by atoms with van der Waals surface area (Å²) in [5, 5.41) is 4.92. The lowest BCUT2D eigenvalue weighted by atomic mass is 10.2. The third-order valence-corrected chi connectivity index (χ3v) is 3.18. The number of carbonyl (C=O) groups is 1. The van der Waals surface area contributed by atoms with E-state index in [1.807, 2.05) is 0 Å². The molecule has 0 unspecified atom stereocenters. The van der Waals surface area contributed by atoms with Crippen molar-refractivity contribution in [1.82, 2.24) is 14.8 Å². The Bertz CT molecular complexity index is 907. The number of hydrogen-bond acceptors (Lipinski definition) is 5. The van der Waals surface area contributed by atoms with Gasteiger partial charge < -0.3 is 15.2 Å². The molecular formula is C15H11F3N4O3. The Morgan fingerprint density at radius 2 is 1.92 bits per heavy atom. The third-order valence-electron chi connectivity index (χ3n) is 3.18. The molecule has 3 aromatic rings. The number of primary amides is 1. The number of hydrogen-bond donors (Lipinski definition) is 1. The zero-order valence-corrected chi connectivity index (χ0v) is 12.5. The van der Waals surface area contributed by atoms with Crippen LogP contribution >= 0.6 is 0 Å². The molecule has 0 aliphatic rings. The Morgan fingerprint density at radius 1 is 1.20 bits per heavy atom. The predicted molar refractivity (Wildman–Crippen MR) is 79.9 cm³/mol. The first kappa shape index (κ1) is 16.6. The lowest BCUT2D eigenvalue weighted by Gasteiger charge is -2.09. The third kappa shape index (κ3) is 3.79. The highest BCUT2D eigenvalue weighted by Crippen LogP contribution is 2.25. The average molecular weight is 352 g/mol. The number of benzene rings is 1. The minimum absolute atomic E-state index is 0.153. The van der Waals surface area contributed by atoms with E-state index in [9.17, 15) is 18.0 Å². The highest BCUT2D eigenvalue weighted by atomic mass is 19.4. The van der Waals surface area contributed by atoms with Crippen LogP contribution in [0.4, 0.5) is 18.0 Å². The van der Waals surface area contributed by atoms with Gasteiger partial charge in [-0.3, -0.25) is 0 Å². The van der Waals surface area contributed by atoms with Crippen LogP contribution in [-0.4, -0.2) is 27.2 Å². The van der Waals surface area contributed by atoms with Crippen molar-refractivity contribution in [3.8, 4) is 11.4 Å². The van der Waals surface area contributed by atoms with Gasteiger partial charge in [-0.05, 0) is 36.4 Å². The quantitative estimate of drug-likeness (QED) is 0.779. The molecule has 0 aliphatic carbocycles. The van der Waals surface area contributed by atoms with Crippen LogP contribution in [0.5, 0.6) is 5.75 Å². The lowest BCUT2D eigenvalue weighted by Crippen LogP contribution is -2.17. The van der Waals surface area contributed by atoms with Gasteiger partial charge in [-0.15, -0.1) is 13.2 Å². The van der Waals surface area contributed by atoms with Gasteiger partial charge in [0.15, 0.2) is 5.65 Å². The highest BCUT2D eigenvalue weighted by Gasteiger charge is 2.31. The topological polar surface area (TPSA) is 92.3 Å². The molecular weight excluding hydrogens is 341 g/mol. The van der Waals surface area contributed by atoms with Gasteiger partial charge in [-0.25, -0.2) is 14.5 Å². The summed E-state index contributed by atoms with van der Waals surface area (Å²) in [6, 6.07) is 8.55. The molecule has 2 N–H and O–H groups in total. The van der Waals surface area contributed by atoms with E-state index in [2.05, 4.69) is 14.8 Å². The molecule has 10 heteroatoms. The number of nitrogens with two attached hydrogens (primary N) is 1. The molecule has 2 aromatic heterocycles. The van der Waals surface area contributed by atoms with Crippen LogP contribution in [0.15, 0.2) is 42.6 Å². The van der Waals surface area contributed by atoms with Gasteiger partial charge in [0.1, 0.15) is 18.1 Å². The fourth-order valence-electron chi connectivity index (χ4n) is 2.23. The van der Waals surface area contributed by atoms with Crippen molar-refractivity contribution >= 4 is 17.1 Å². The van der Waals surface area contributed by atoms with Gasteiger partial charge in [-0.1, -0.05) is 0 Å². The van der Waals surface area contributed by atoms with E-state index < -0.39 is 12.5 Å². The first-order valence-corrected chi connectivity index (χ1v) is 6.94. The van der Waals surface area contributed by atoms with Gasteiger partial charge >= 0.3 is 12.5 Å². The number of halogens is 3. The second-order valence-electron chi connectivity index (χ2n) is 4.88. The summed E-state index contributed by atoms with van der Waals surface area (Å²) in [6.45, 7) is -0.153. The molecule has 3 rings (SSSR count). The first-order chi connectivity index (χ1) is 11.8. The number of nitrogens with zero attached hydrogens (tertiary/aromatic N) is 3. The van der Waals surface area contributed by atoms with E-state index in [-0.39, 0.29) is 12.4 Å². The molecule has 2 heterocycles. The molecule has 0 fully saturated rings. The minimum Gasteiger partial charge on any atom is -0.443 e. The van der Waals surface area contributed by atoms with Crippen molar-refractivity contribution in [2.75, 3.05) is 0 Å². The molecule has 1 aromatic carbocycles. The van der Waals surface area contributed by atoms with Crippen LogP contribution in [0.3, 0.4) is 0 Å². The van der Waals surface area contributed by atoms with E-state index in [0.29, 0.717) is 22.4 Å². The van der Waals surface area contributed by atoms with Crippen LogP contribution in [0, 0.1) is 0 Å². The normalized spacial score (nSPS) is 11.5. The van der Waals surface area contributed by atoms with Crippen LogP contribution in [-0.2, 0) is 11.3 Å². The number of ether oxygens (including phenoxy) is 2. The monoisotopic (exact) mass is 352 g/mol. The van der Waals surface area contributed by atoms with Gasteiger partial charge in [0.25, 0.3) is 0 Å². The van der Waals surface area contributed by atoms with Crippen molar-refractivity contribution in [3.05, 3.63) is 48.3 Å². The summed E-state index contributed by atoms with van der Waals surface area (Å²) in [6.07, 6.45) is -4.17. The van der Waals surface area contributed by atoms with Crippen molar-refractivity contribution < 1.29 is 27.4 Å². The zero-order chi connectivity index (χ0) is 18.0. The molecule has 0 atom stereocenters. The summed E-state index contributed by atoms with van der Waals surface area (Å²) in [4.78, 5) is 15.0. The Labute approximate surface area is 138 Å². The molecule has 1 amide bonds. The van der Waals surface area contributed by atoms with E-state index >= 15 is 0 Å². The summed E-state index contributed by atoms with van der Waals surface area (Å²) < 4.78 is 46.7. The van der Waals surface area contributed by atoms with E-state index in [1.165, 1.54) is 28.9 Å². The van der Waals surface area contributed by atoms with Gasteiger partial charge in [0, 0.05) is 11.6 Å². The molecule has 7 nitrogen and oxygen atoms in total. The Balaban J connectivity index is 1.96. The molecule has 0 bridgehead atoms. The summed E-state index contributed by atoms with van der Waals surface area (Å²) in [5.74, 6) is -0.349. The van der Waals surface area contributed by atoms with E-state index in [4.69, 9.17) is 10.5 Å². The van der Waals surface area contributed by atoms with Gasteiger partial charge in [0.2, 0.25) is 0 Å². The van der Waals surface area contributed by atoms with Crippen molar-refractivity contribution in [2.45, 2.75) is 13.0 Å². The van der Waals surface area contributed by atoms with Crippen molar-refractivity contribution in [2.24, 2.45) is 5.73 Å². The second kappa shape index (κ2) is 6.30. The van der Waals surface area contributed by atoms with Crippen molar-refractivity contribution in [1.29, 1.82) is 0 Å². The SMILES string of the molecule is NC(=O)OCc1nn(-c2ccc(OC(F)(F)F)cc2)c2ncccc12. The Kier molecular flexibility index (Phi) is 4.17. The van der Waals surface area contributed by atoms with Crippen LogP contribution < -0.4 is 10.5 Å². The van der Waals surface area contributed by atoms with Crippen molar-refractivity contribution in [3.63, 3.8) is 0 Å². The van der Waals surface area contributed by atoms with Crippen LogP contribution in [0.1, 0.15) is 5.69 Å². The fourth-order valence-corrected chi connectivity index (χ4v) is 2.23. The van der Waals surface area contributed by atoms with E-state index in [1.54, 1.807) is 18.3 Å². The van der Waals surface area contributed by atoms with Gasteiger partial charge in [0.05, 0.1) is 5.69 Å². The van der Waals surface area contributed by atoms with Gasteiger partial charge in [-0.2, -0.15) is 5.10 Å². The lowest BCUT2D eigenvalue weighted by molar-refractivity contribution is -0.274. The molecule has 130 valence electrons. The summed E-state index contributed by atoms with van der Waals surface area (Å²) >= 11 is 0. The number of pyridine rings is 1.